The van der Waals surface area contributed by atoms with Crippen molar-refractivity contribution in [3.05, 3.63) is 29.6 Å². The minimum Gasteiger partial charge on any atom is -0.310 e. The first kappa shape index (κ1) is 11.5. The van der Waals surface area contributed by atoms with Gasteiger partial charge in [-0.15, -0.1) is 0 Å². The van der Waals surface area contributed by atoms with Gasteiger partial charge in [0.15, 0.2) is 0 Å². The van der Waals surface area contributed by atoms with Crippen LogP contribution in [0.4, 0.5) is 4.39 Å². The van der Waals surface area contributed by atoms with Gasteiger partial charge in [-0.05, 0) is 30.5 Å². The van der Waals surface area contributed by atoms with Crippen LogP contribution in [0.5, 0.6) is 0 Å². The van der Waals surface area contributed by atoms with Crippen LogP contribution in [0.25, 0.3) is 0 Å². The lowest BCUT2D eigenvalue weighted by atomic mass is 10.2. The van der Waals surface area contributed by atoms with Crippen LogP contribution in [-0.4, -0.2) is 14.5 Å². The molecular weight excluding hydrogens is 231 g/mol. The van der Waals surface area contributed by atoms with E-state index in [4.69, 9.17) is 5.14 Å². The molecule has 1 aromatic carbocycles. The maximum Gasteiger partial charge on any atom is 0.240 e. The summed E-state index contributed by atoms with van der Waals surface area (Å²) >= 11 is 0. The van der Waals surface area contributed by atoms with E-state index in [2.05, 4.69) is 5.32 Å². The zero-order valence-electron chi connectivity index (χ0n) is 8.61. The highest BCUT2D eigenvalue weighted by atomic mass is 32.2. The number of benzene rings is 1. The molecule has 1 saturated carbocycles. The number of primary sulfonamides is 1. The van der Waals surface area contributed by atoms with Gasteiger partial charge in [-0.3, -0.25) is 0 Å². The molecule has 2 rings (SSSR count). The van der Waals surface area contributed by atoms with Gasteiger partial charge in [-0.1, -0.05) is 6.07 Å². The molecule has 88 valence electrons. The number of halogens is 1. The van der Waals surface area contributed by atoms with Gasteiger partial charge < -0.3 is 5.32 Å². The summed E-state index contributed by atoms with van der Waals surface area (Å²) in [5, 5.41) is 8.07. The van der Waals surface area contributed by atoms with Gasteiger partial charge in [0.1, 0.15) is 10.7 Å². The van der Waals surface area contributed by atoms with Gasteiger partial charge in [0, 0.05) is 12.6 Å². The van der Waals surface area contributed by atoms with E-state index in [9.17, 15) is 12.8 Å². The smallest absolute Gasteiger partial charge is 0.240 e. The van der Waals surface area contributed by atoms with Crippen molar-refractivity contribution in [2.24, 2.45) is 5.14 Å². The zero-order chi connectivity index (χ0) is 11.8. The summed E-state index contributed by atoms with van der Waals surface area (Å²) in [6.07, 6.45) is 2.30. The fourth-order valence-corrected chi connectivity index (χ4v) is 2.02. The van der Waals surface area contributed by atoms with Crippen molar-refractivity contribution in [2.45, 2.75) is 30.3 Å². The second kappa shape index (κ2) is 4.12. The summed E-state index contributed by atoms with van der Waals surface area (Å²) in [6.45, 7) is 0.548. The molecule has 6 heteroatoms. The van der Waals surface area contributed by atoms with E-state index in [0.717, 1.165) is 18.4 Å². The Morgan fingerprint density at radius 3 is 2.62 bits per heavy atom. The molecule has 16 heavy (non-hydrogen) atoms. The Hall–Kier alpha value is -0.980. The van der Waals surface area contributed by atoms with Crippen molar-refractivity contribution >= 4 is 10.0 Å². The van der Waals surface area contributed by atoms with Crippen LogP contribution in [-0.2, 0) is 16.6 Å². The van der Waals surface area contributed by atoms with Crippen LogP contribution < -0.4 is 10.5 Å². The number of rotatable bonds is 4. The summed E-state index contributed by atoms with van der Waals surface area (Å²) in [5.41, 5.74) is 0.719. The predicted molar refractivity (Wildman–Crippen MR) is 57.6 cm³/mol. The van der Waals surface area contributed by atoms with Crippen LogP contribution in [0, 0.1) is 5.82 Å². The van der Waals surface area contributed by atoms with Crippen molar-refractivity contribution in [2.75, 3.05) is 0 Å². The molecule has 1 aliphatic carbocycles. The van der Waals surface area contributed by atoms with E-state index in [1.807, 2.05) is 0 Å². The molecule has 0 bridgehead atoms. The van der Waals surface area contributed by atoms with E-state index in [1.165, 1.54) is 12.1 Å². The van der Waals surface area contributed by atoms with Crippen LogP contribution in [0.3, 0.4) is 0 Å². The molecule has 1 aromatic rings. The molecule has 3 N–H and O–H groups in total. The van der Waals surface area contributed by atoms with Crippen molar-refractivity contribution < 1.29 is 12.8 Å². The third-order valence-electron chi connectivity index (χ3n) is 2.48. The molecule has 0 atom stereocenters. The first-order valence-corrected chi connectivity index (χ1v) is 6.56. The molecule has 0 radical (unpaired) electrons. The van der Waals surface area contributed by atoms with Gasteiger partial charge in [-0.25, -0.2) is 17.9 Å². The number of nitrogens with one attached hydrogen (secondary N) is 1. The summed E-state index contributed by atoms with van der Waals surface area (Å²) in [6, 6.07) is 4.50. The molecule has 0 aromatic heterocycles. The van der Waals surface area contributed by atoms with Gasteiger partial charge >= 0.3 is 0 Å². The molecule has 0 amide bonds. The summed E-state index contributed by atoms with van der Waals surface area (Å²) in [4.78, 5) is -0.456. The highest BCUT2D eigenvalue weighted by Gasteiger charge is 2.20. The predicted octanol–water partition coefficient (Wildman–Crippen LogP) is 0.725. The van der Waals surface area contributed by atoms with Crippen LogP contribution in [0.15, 0.2) is 23.1 Å². The third kappa shape index (κ3) is 2.78. The van der Waals surface area contributed by atoms with Crippen molar-refractivity contribution in [1.29, 1.82) is 0 Å². The van der Waals surface area contributed by atoms with Crippen LogP contribution in [0.2, 0.25) is 0 Å². The lowest BCUT2D eigenvalue weighted by Gasteiger charge is -2.05. The lowest BCUT2D eigenvalue weighted by Crippen LogP contribution is -2.17. The van der Waals surface area contributed by atoms with Crippen LogP contribution in [0.1, 0.15) is 18.4 Å². The standard InChI is InChI=1S/C10H13FN2O2S/c11-9-5-7(6-13-8-2-3-8)1-4-10(9)16(12,14)15/h1,4-5,8,13H,2-3,6H2,(H2,12,14,15). The molecule has 1 aliphatic rings. The number of nitrogens with two attached hydrogens (primary N) is 1. The monoisotopic (exact) mass is 244 g/mol. The number of hydrogen-bond donors (Lipinski definition) is 2. The normalized spacial score (nSPS) is 16.4. The Balaban J connectivity index is 2.15. The highest BCUT2D eigenvalue weighted by Crippen LogP contribution is 2.20. The quantitative estimate of drug-likeness (QED) is 0.820. The van der Waals surface area contributed by atoms with E-state index in [0.29, 0.717) is 12.6 Å². The Morgan fingerprint density at radius 2 is 2.12 bits per heavy atom. The Labute approximate surface area is 93.7 Å². The van der Waals surface area contributed by atoms with Gasteiger partial charge in [-0.2, -0.15) is 0 Å². The third-order valence-corrected chi connectivity index (χ3v) is 3.42. The Kier molecular flexibility index (Phi) is 2.96. The molecule has 0 heterocycles. The summed E-state index contributed by atoms with van der Waals surface area (Å²) in [5.74, 6) is -0.794. The Bertz CT molecular complexity index is 498. The SMILES string of the molecule is NS(=O)(=O)c1ccc(CNC2CC2)cc1F. The van der Waals surface area contributed by atoms with Gasteiger partial charge in [0.2, 0.25) is 10.0 Å². The van der Waals surface area contributed by atoms with Crippen molar-refractivity contribution in [3.8, 4) is 0 Å². The molecule has 0 unspecified atom stereocenters. The number of sulfonamides is 1. The zero-order valence-corrected chi connectivity index (χ0v) is 9.43. The average Bonchev–Trinajstić information content (AvgIpc) is 2.96. The molecular formula is C10H13FN2O2S. The van der Waals surface area contributed by atoms with Crippen LogP contribution >= 0.6 is 0 Å². The fraction of sp³-hybridized carbons (Fsp3) is 0.400. The van der Waals surface area contributed by atoms with Crippen molar-refractivity contribution in [3.63, 3.8) is 0 Å². The van der Waals surface area contributed by atoms with E-state index in [1.54, 1.807) is 6.07 Å². The minimum absolute atomic E-state index is 0.456. The Morgan fingerprint density at radius 1 is 1.44 bits per heavy atom. The topological polar surface area (TPSA) is 72.2 Å². The van der Waals surface area contributed by atoms with Gasteiger partial charge in [0.05, 0.1) is 0 Å². The maximum atomic E-state index is 13.4. The molecule has 1 fully saturated rings. The second-order valence-electron chi connectivity index (χ2n) is 3.96. The first-order valence-electron chi connectivity index (χ1n) is 5.01. The molecule has 4 nitrogen and oxygen atoms in total. The molecule has 0 saturated heterocycles. The molecule has 0 spiro atoms. The number of hydrogen-bond acceptors (Lipinski definition) is 3. The van der Waals surface area contributed by atoms with Gasteiger partial charge in [0.25, 0.3) is 0 Å². The summed E-state index contributed by atoms with van der Waals surface area (Å²) < 4.78 is 35.3. The largest absolute Gasteiger partial charge is 0.310 e. The van der Waals surface area contributed by atoms with E-state index >= 15 is 0 Å². The van der Waals surface area contributed by atoms with Crippen molar-refractivity contribution in [1.82, 2.24) is 5.32 Å². The maximum absolute atomic E-state index is 13.4. The average molecular weight is 244 g/mol. The minimum atomic E-state index is -3.96. The molecule has 0 aliphatic heterocycles. The lowest BCUT2D eigenvalue weighted by molar-refractivity contribution is 0.565. The van der Waals surface area contributed by atoms with E-state index in [-0.39, 0.29) is 0 Å². The second-order valence-corrected chi connectivity index (χ2v) is 5.49. The fourth-order valence-electron chi connectivity index (χ4n) is 1.43. The van der Waals surface area contributed by atoms with E-state index < -0.39 is 20.7 Å². The first-order chi connectivity index (χ1) is 7.47. The summed E-state index contributed by atoms with van der Waals surface area (Å²) in [7, 11) is -3.96. The highest BCUT2D eigenvalue weighted by molar-refractivity contribution is 7.89.